The smallest absolute Gasteiger partial charge is 0.0640 e. The fraction of sp³-hybridized carbons (Fsp3) is 0.208. The number of nitrogens with zero attached hydrogens (tertiary/aromatic N) is 2. The maximum absolute atomic E-state index is 2.44. The second-order valence-electron chi connectivity index (χ2n) is 15.9. The van der Waals surface area contributed by atoms with Crippen molar-refractivity contribution in [2.75, 3.05) is 9.80 Å². The summed E-state index contributed by atoms with van der Waals surface area (Å²) in [6.07, 6.45) is 11.6. The SMILES string of the molecule is c1ccc(N(c2ccc(C3CCCCC3)cc2)c2ccc(C3(c4ccc(N(c5ccccc5)c5cccc6c5sc5ccccc56)cc4)CCCC3)cc2)cc1. The van der Waals surface area contributed by atoms with Crippen LogP contribution in [0.1, 0.15) is 80.4 Å². The van der Waals surface area contributed by atoms with E-state index in [2.05, 4.69) is 186 Å². The van der Waals surface area contributed by atoms with Crippen LogP contribution in [0, 0.1) is 0 Å². The Balaban J connectivity index is 0.993. The molecule has 0 bridgehead atoms. The van der Waals surface area contributed by atoms with Crippen LogP contribution >= 0.6 is 11.3 Å². The maximum Gasteiger partial charge on any atom is 0.0640 e. The first-order valence-corrected chi connectivity index (χ1v) is 21.5. The van der Waals surface area contributed by atoms with Gasteiger partial charge >= 0.3 is 0 Å². The first-order valence-electron chi connectivity index (χ1n) is 20.7. The molecule has 0 atom stereocenters. The summed E-state index contributed by atoms with van der Waals surface area (Å²) in [4.78, 5) is 4.86. The fourth-order valence-corrected chi connectivity index (χ4v) is 11.1. The number of thiophene rings is 1. The van der Waals surface area contributed by atoms with Gasteiger partial charge < -0.3 is 9.80 Å². The number of anilines is 6. The molecule has 1 aromatic heterocycles. The van der Waals surface area contributed by atoms with Crippen LogP contribution in [0.4, 0.5) is 34.1 Å². The van der Waals surface area contributed by atoms with E-state index in [1.54, 1.807) is 0 Å². The minimum atomic E-state index is -0.000646. The predicted molar refractivity (Wildman–Crippen MR) is 240 cm³/mol. The van der Waals surface area contributed by atoms with Crippen LogP contribution in [-0.4, -0.2) is 0 Å². The van der Waals surface area contributed by atoms with E-state index in [1.807, 2.05) is 11.3 Å². The molecule has 2 aliphatic rings. The van der Waals surface area contributed by atoms with Crippen LogP contribution in [0.15, 0.2) is 176 Å². The van der Waals surface area contributed by atoms with Crippen LogP contribution in [-0.2, 0) is 5.41 Å². The number of fused-ring (bicyclic) bond motifs is 3. The molecule has 0 N–H and O–H groups in total. The molecular weight excluding hydrogens is 697 g/mol. The lowest BCUT2D eigenvalue weighted by atomic mass is 9.73. The Morgan fingerprint density at radius 1 is 0.411 bits per heavy atom. The summed E-state index contributed by atoms with van der Waals surface area (Å²) in [7, 11) is 0. The standard InChI is InChI=1S/C53H48N2S/c1-4-15-39(16-5-1)40-25-31-45(32-26-40)54(43-17-6-2-7-18-43)46-33-27-41(28-34-46)53(37-12-13-38-53)42-29-35-47(36-30-42)55(44-19-8-3-9-20-44)50-23-14-22-49-48-21-10-11-24-51(48)56-52(49)50/h2-3,6-11,14,17-36,39H,1,4-5,12-13,15-16,37-38H2. The van der Waals surface area contributed by atoms with Crippen LogP contribution in [0.2, 0.25) is 0 Å². The number of hydrogen-bond donors (Lipinski definition) is 0. The van der Waals surface area contributed by atoms with Crippen molar-refractivity contribution >= 4 is 65.6 Å². The maximum atomic E-state index is 2.44. The lowest BCUT2D eigenvalue weighted by molar-refractivity contribution is 0.443. The van der Waals surface area contributed by atoms with Crippen molar-refractivity contribution in [3.05, 3.63) is 193 Å². The predicted octanol–water partition coefficient (Wildman–Crippen LogP) is 15.9. The highest BCUT2D eigenvalue weighted by atomic mass is 32.1. The van der Waals surface area contributed by atoms with Gasteiger partial charge in [-0.2, -0.15) is 0 Å². The number of hydrogen-bond acceptors (Lipinski definition) is 3. The van der Waals surface area contributed by atoms with Gasteiger partial charge in [0.25, 0.3) is 0 Å². The Morgan fingerprint density at radius 2 is 0.911 bits per heavy atom. The van der Waals surface area contributed by atoms with E-state index in [0.29, 0.717) is 5.92 Å². The summed E-state index contributed by atoms with van der Waals surface area (Å²) in [5, 5.41) is 2.64. The third-order valence-electron chi connectivity index (χ3n) is 12.7. The molecule has 0 spiro atoms. The molecule has 2 saturated carbocycles. The average molecular weight is 745 g/mol. The van der Waals surface area contributed by atoms with Gasteiger partial charge in [0.05, 0.1) is 10.4 Å². The first kappa shape index (κ1) is 34.8. The molecule has 56 heavy (non-hydrogen) atoms. The molecule has 0 saturated heterocycles. The third kappa shape index (κ3) is 6.38. The molecule has 3 heteroatoms. The molecule has 7 aromatic carbocycles. The summed E-state index contributed by atoms with van der Waals surface area (Å²) >= 11 is 1.89. The molecule has 0 radical (unpaired) electrons. The largest absolute Gasteiger partial charge is 0.311 e. The zero-order valence-electron chi connectivity index (χ0n) is 32.0. The fourth-order valence-electron chi connectivity index (χ4n) is 9.85. The lowest BCUT2D eigenvalue weighted by Gasteiger charge is -2.33. The van der Waals surface area contributed by atoms with Crippen molar-refractivity contribution in [2.24, 2.45) is 0 Å². The van der Waals surface area contributed by atoms with Crippen LogP contribution in [0.5, 0.6) is 0 Å². The van der Waals surface area contributed by atoms with E-state index >= 15 is 0 Å². The molecule has 2 aliphatic carbocycles. The van der Waals surface area contributed by atoms with E-state index < -0.39 is 0 Å². The molecule has 2 nitrogen and oxygen atoms in total. The van der Waals surface area contributed by atoms with Crippen LogP contribution < -0.4 is 9.80 Å². The third-order valence-corrected chi connectivity index (χ3v) is 13.9. The van der Waals surface area contributed by atoms with E-state index in [0.717, 1.165) is 0 Å². The van der Waals surface area contributed by atoms with Crippen LogP contribution in [0.25, 0.3) is 20.2 Å². The zero-order valence-corrected chi connectivity index (χ0v) is 32.8. The zero-order chi connectivity index (χ0) is 37.3. The minimum Gasteiger partial charge on any atom is -0.311 e. The Hall–Kier alpha value is -5.64. The van der Waals surface area contributed by atoms with Gasteiger partial charge in [-0.05, 0) is 121 Å². The number of benzene rings is 7. The Morgan fingerprint density at radius 3 is 1.54 bits per heavy atom. The molecule has 0 amide bonds. The highest BCUT2D eigenvalue weighted by Crippen LogP contribution is 2.49. The average Bonchev–Trinajstić information content (AvgIpc) is 3.93. The highest BCUT2D eigenvalue weighted by molar-refractivity contribution is 7.26. The molecule has 2 fully saturated rings. The summed E-state index contributed by atoms with van der Waals surface area (Å²) in [5.41, 5.74) is 11.5. The Kier molecular flexibility index (Phi) is 9.41. The quantitative estimate of drug-likeness (QED) is 0.145. The summed E-state index contributed by atoms with van der Waals surface area (Å²) in [6.45, 7) is 0. The van der Waals surface area contributed by atoms with E-state index in [9.17, 15) is 0 Å². The van der Waals surface area contributed by atoms with E-state index in [-0.39, 0.29) is 5.41 Å². The Labute approximate surface area is 335 Å². The van der Waals surface area contributed by atoms with Gasteiger partial charge in [0.2, 0.25) is 0 Å². The van der Waals surface area contributed by atoms with E-state index in [1.165, 1.54) is 129 Å². The van der Waals surface area contributed by atoms with Crippen molar-refractivity contribution in [3.8, 4) is 0 Å². The van der Waals surface area contributed by atoms with Gasteiger partial charge in [-0.3, -0.25) is 0 Å². The molecule has 276 valence electrons. The van der Waals surface area contributed by atoms with Crippen molar-refractivity contribution in [1.82, 2.24) is 0 Å². The second kappa shape index (κ2) is 15.1. The number of para-hydroxylation sites is 2. The van der Waals surface area contributed by atoms with Gasteiger partial charge in [-0.1, -0.05) is 135 Å². The van der Waals surface area contributed by atoms with Crippen molar-refractivity contribution in [2.45, 2.75) is 69.1 Å². The summed E-state index contributed by atoms with van der Waals surface area (Å²) < 4.78 is 2.64. The van der Waals surface area contributed by atoms with Gasteiger partial charge in [0.15, 0.2) is 0 Å². The van der Waals surface area contributed by atoms with Crippen molar-refractivity contribution in [3.63, 3.8) is 0 Å². The second-order valence-corrected chi connectivity index (χ2v) is 17.0. The van der Waals surface area contributed by atoms with Crippen molar-refractivity contribution in [1.29, 1.82) is 0 Å². The number of rotatable bonds is 9. The summed E-state index contributed by atoms with van der Waals surface area (Å²) in [5.74, 6) is 0.705. The van der Waals surface area contributed by atoms with Gasteiger partial charge in [-0.15, -0.1) is 11.3 Å². The van der Waals surface area contributed by atoms with Gasteiger partial charge in [0, 0.05) is 49.3 Å². The molecule has 0 aliphatic heterocycles. The Bertz CT molecular complexity index is 2540. The molecule has 1 heterocycles. The van der Waals surface area contributed by atoms with Crippen molar-refractivity contribution < 1.29 is 0 Å². The molecular formula is C53H48N2S. The monoisotopic (exact) mass is 744 g/mol. The minimum absolute atomic E-state index is 0.000646. The lowest BCUT2D eigenvalue weighted by Crippen LogP contribution is -2.24. The normalized spacial score (nSPS) is 15.6. The molecule has 10 rings (SSSR count). The first-order chi connectivity index (χ1) is 27.7. The molecule has 0 unspecified atom stereocenters. The highest BCUT2D eigenvalue weighted by Gasteiger charge is 2.37. The van der Waals surface area contributed by atoms with Crippen LogP contribution in [0.3, 0.4) is 0 Å². The van der Waals surface area contributed by atoms with E-state index in [4.69, 9.17) is 0 Å². The topological polar surface area (TPSA) is 6.48 Å². The van der Waals surface area contributed by atoms with Gasteiger partial charge in [-0.25, -0.2) is 0 Å². The summed E-state index contributed by atoms with van der Waals surface area (Å²) in [6, 6.07) is 65.8. The molecule has 8 aromatic rings. The van der Waals surface area contributed by atoms with Gasteiger partial charge in [0.1, 0.15) is 0 Å².